The monoisotopic (exact) mass is 416 g/mol. The van der Waals surface area contributed by atoms with E-state index in [1.807, 2.05) is 24.3 Å². The minimum Gasteiger partial charge on any atom is -0.368 e. The van der Waals surface area contributed by atoms with Crippen LogP contribution in [-0.2, 0) is 4.79 Å². The summed E-state index contributed by atoms with van der Waals surface area (Å²) in [6, 6.07) is 11.6. The van der Waals surface area contributed by atoms with Gasteiger partial charge in [0.05, 0.1) is 11.5 Å². The molecule has 8 nitrogen and oxygen atoms in total. The number of carbonyl (C=O) groups excluding carboxylic acids is 2. The highest BCUT2D eigenvalue weighted by atomic mass is 35.5. The molecular weight excluding hydrogens is 396 g/mol. The second-order valence-electron chi connectivity index (χ2n) is 6.78. The van der Waals surface area contributed by atoms with Crippen LogP contribution in [0, 0.1) is 17.0 Å². The average molecular weight is 417 g/mol. The number of aryl methyl sites for hydroxylation is 1. The van der Waals surface area contributed by atoms with Crippen molar-refractivity contribution < 1.29 is 14.5 Å². The van der Waals surface area contributed by atoms with E-state index in [-0.39, 0.29) is 23.7 Å². The van der Waals surface area contributed by atoms with Crippen molar-refractivity contribution >= 4 is 34.8 Å². The van der Waals surface area contributed by atoms with E-state index in [9.17, 15) is 19.7 Å². The Morgan fingerprint density at radius 2 is 1.76 bits per heavy atom. The van der Waals surface area contributed by atoms with Crippen molar-refractivity contribution in [1.29, 1.82) is 0 Å². The Morgan fingerprint density at radius 1 is 1.10 bits per heavy atom. The zero-order valence-electron chi connectivity index (χ0n) is 15.9. The summed E-state index contributed by atoms with van der Waals surface area (Å²) in [4.78, 5) is 39.0. The lowest BCUT2D eigenvalue weighted by Gasteiger charge is -2.36. The molecule has 29 heavy (non-hydrogen) atoms. The number of piperazine rings is 1. The van der Waals surface area contributed by atoms with Crippen molar-refractivity contribution in [2.45, 2.75) is 6.92 Å². The first-order valence-electron chi connectivity index (χ1n) is 9.16. The van der Waals surface area contributed by atoms with Crippen LogP contribution < -0.4 is 10.2 Å². The van der Waals surface area contributed by atoms with Crippen LogP contribution in [0.25, 0.3) is 0 Å². The first-order valence-corrected chi connectivity index (χ1v) is 9.54. The number of rotatable bonds is 5. The summed E-state index contributed by atoms with van der Waals surface area (Å²) < 4.78 is 0. The first-order chi connectivity index (χ1) is 13.8. The van der Waals surface area contributed by atoms with Gasteiger partial charge in [0, 0.05) is 54.6 Å². The van der Waals surface area contributed by atoms with Gasteiger partial charge in [-0.25, -0.2) is 0 Å². The number of benzene rings is 2. The molecule has 3 rings (SSSR count). The van der Waals surface area contributed by atoms with Gasteiger partial charge in [-0.2, -0.15) is 0 Å². The molecule has 0 unspecified atom stereocenters. The van der Waals surface area contributed by atoms with Gasteiger partial charge in [-0.1, -0.05) is 17.7 Å². The van der Waals surface area contributed by atoms with Crippen molar-refractivity contribution in [3.05, 3.63) is 68.7 Å². The minimum atomic E-state index is -0.554. The maximum Gasteiger partial charge on any atom is 0.270 e. The predicted molar refractivity (Wildman–Crippen MR) is 110 cm³/mol. The van der Waals surface area contributed by atoms with Crippen molar-refractivity contribution in [3.8, 4) is 0 Å². The first kappa shape index (κ1) is 20.6. The quantitative estimate of drug-likeness (QED) is 0.597. The molecule has 0 radical (unpaired) electrons. The van der Waals surface area contributed by atoms with E-state index >= 15 is 0 Å². The molecule has 2 amide bonds. The topological polar surface area (TPSA) is 95.8 Å². The number of hydrogen-bond donors (Lipinski definition) is 1. The van der Waals surface area contributed by atoms with Crippen LogP contribution in [-0.4, -0.2) is 54.4 Å². The summed E-state index contributed by atoms with van der Waals surface area (Å²) >= 11 is 5.91. The van der Waals surface area contributed by atoms with Crippen LogP contribution in [0.5, 0.6) is 0 Å². The van der Waals surface area contributed by atoms with Gasteiger partial charge in [0.25, 0.3) is 11.6 Å². The van der Waals surface area contributed by atoms with E-state index in [1.54, 1.807) is 11.8 Å². The fourth-order valence-electron chi connectivity index (χ4n) is 3.20. The summed E-state index contributed by atoms with van der Waals surface area (Å²) in [5.74, 6) is -0.684. The summed E-state index contributed by atoms with van der Waals surface area (Å²) in [7, 11) is 0. The number of amides is 2. The number of nitrogens with zero attached hydrogens (tertiary/aromatic N) is 3. The molecule has 1 saturated heterocycles. The van der Waals surface area contributed by atoms with Crippen LogP contribution >= 0.6 is 11.6 Å². The van der Waals surface area contributed by atoms with Crippen LogP contribution in [0.4, 0.5) is 11.4 Å². The number of non-ortho nitro benzene ring substituents is 1. The van der Waals surface area contributed by atoms with Gasteiger partial charge in [-0.05, 0) is 36.8 Å². The molecule has 0 saturated carbocycles. The van der Waals surface area contributed by atoms with E-state index in [4.69, 9.17) is 11.6 Å². The van der Waals surface area contributed by atoms with Crippen molar-refractivity contribution in [3.63, 3.8) is 0 Å². The molecule has 1 fully saturated rings. The fourth-order valence-corrected chi connectivity index (χ4v) is 3.32. The molecule has 0 aliphatic carbocycles. The van der Waals surface area contributed by atoms with E-state index in [0.29, 0.717) is 36.8 Å². The fraction of sp³-hybridized carbons (Fsp3) is 0.300. The number of carbonyl (C=O) groups is 2. The Bertz CT molecular complexity index is 925. The second kappa shape index (κ2) is 8.91. The number of nitro groups is 1. The Balaban J connectivity index is 1.52. The Morgan fingerprint density at radius 3 is 2.38 bits per heavy atom. The van der Waals surface area contributed by atoms with Crippen LogP contribution in [0.15, 0.2) is 42.5 Å². The summed E-state index contributed by atoms with van der Waals surface area (Å²) in [5, 5.41) is 14.2. The summed E-state index contributed by atoms with van der Waals surface area (Å²) in [6.07, 6.45) is 0. The van der Waals surface area contributed by atoms with Gasteiger partial charge < -0.3 is 15.1 Å². The number of nitro benzene ring substituents is 1. The second-order valence-corrected chi connectivity index (χ2v) is 7.22. The zero-order chi connectivity index (χ0) is 21.0. The van der Waals surface area contributed by atoms with Gasteiger partial charge in [0.15, 0.2) is 0 Å². The summed E-state index contributed by atoms with van der Waals surface area (Å²) in [5.41, 5.74) is 1.69. The molecule has 2 aromatic carbocycles. The maximum absolute atomic E-state index is 12.4. The third-order valence-electron chi connectivity index (χ3n) is 4.90. The number of halogens is 1. The number of nitrogens with one attached hydrogen (secondary N) is 1. The van der Waals surface area contributed by atoms with Crippen LogP contribution in [0.1, 0.15) is 15.9 Å². The lowest BCUT2D eigenvalue weighted by molar-refractivity contribution is -0.384. The Kier molecular flexibility index (Phi) is 6.33. The van der Waals surface area contributed by atoms with Gasteiger partial charge in [-0.15, -0.1) is 0 Å². The summed E-state index contributed by atoms with van der Waals surface area (Å²) in [6.45, 7) is 4.01. The molecule has 0 spiro atoms. The molecule has 0 aromatic heterocycles. The van der Waals surface area contributed by atoms with E-state index in [2.05, 4.69) is 10.2 Å². The highest BCUT2D eigenvalue weighted by Crippen LogP contribution is 2.20. The SMILES string of the molecule is Cc1ccc([N+](=O)[O-])cc1C(=O)NCC(=O)N1CCN(c2ccc(Cl)cc2)CC1. The van der Waals surface area contributed by atoms with Gasteiger partial charge in [0.2, 0.25) is 5.91 Å². The largest absolute Gasteiger partial charge is 0.368 e. The molecule has 1 N–H and O–H groups in total. The van der Waals surface area contributed by atoms with Crippen molar-refractivity contribution in [1.82, 2.24) is 10.2 Å². The molecule has 1 heterocycles. The molecule has 1 aliphatic rings. The number of anilines is 1. The van der Waals surface area contributed by atoms with Gasteiger partial charge in [0.1, 0.15) is 0 Å². The third kappa shape index (κ3) is 5.03. The van der Waals surface area contributed by atoms with Crippen LogP contribution in [0.3, 0.4) is 0 Å². The zero-order valence-corrected chi connectivity index (χ0v) is 16.7. The molecular formula is C20H21ClN4O4. The standard InChI is InChI=1S/C20H21ClN4O4/c1-14-2-5-17(25(28)29)12-18(14)20(27)22-13-19(26)24-10-8-23(9-11-24)16-6-3-15(21)4-7-16/h2-7,12H,8-11,13H2,1H3,(H,22,27). The highest BCUT2D eigenvalue weighted by Gasteiger charge is 2.22. The van der Waals surface area contributed by atoms with Crippen LogP contribution in [0.2, 0.25) is 5.02 Å². The normalized spacial score (nSPS) is 13.9. The van der Waals surface area contributed by atoms with Crippen molar-refractivity contribution in [2.24, 2.45) is 0 Å². The number of hydrogen-bond acceptors (Lipinski definition) is 5. The van der Waals surface area contributed by atoms with E-state index in [0.717, 1.165) is 5.69 Å². The maximum atomic E-state index is 12.4. The molecule has 2 aromatic rings. The van der Waals surface area contributed by atoms with E-state index < -0.39 is 10.8 Å². The van der Waals surface area contributed by atoms with Gasteiger partial charge >= 0.3 is 0 Å². The molecule has 0 bridgehead atoms. The average Bonchev–Trinajstić information content (AvgIpc) is 2.72. The molecule has 1 aliphatic heterocycles. The predicted octanol–water partition coefficient (Wildman–Crippen LogP) is 2.64. The van der Waals surface area contributed by atoms with E-state index in [1.165, 1.54) is 18.2 Å². The molecule has 152 valence electrons. The smallest absolute Gasteiger partial charge is 0.270 e. The minimum absolute atomic E-state index is 0.151. The Hall–Kier alpha value is -3.13. The Labute approximate surface area is 173 Å². The molecule has 9 heteroatoms. The highest BCUT2D eigenvalue weighted by molar-refractivity contribution is 6.30. The lowest BCUT2D eigenvalue weighted by Crippen LogP contribution is -2.51. The third-order valence-corrected chi connectivity index (χ3v) is 5.15. The van der Waals surface area contributed by atoms with Crippen molar-refractivity contribution in [2.75, 3.05) is 37.6 Å². The molecule has 0 atom stereocenters. The van der Waals surface area contributed by atoms with Gasteiger partial charge in [-0.3, -0.25) is 19.7 Å². The lowest BCUT2D eigenvalue weighted by atomic mass is 10.1.